The van der Waals surface area contributed by atoms with E-state index in [9.17, 15) is 4.79 Å². The van der Waals surface area contributed by atoms with Gasteiger partial charge >= 0.3 is 0 Å². The lowest BCUT2D eigenvalue weighted by Gasteiger charge is -2.16. The summed E-state index contributed by atoms with van der Waals surface area (Å²) < 4.78 is 8.36. The van der Waals surface area contributed by atoms with E-state index in [4.69, 9.17) is 4.74 Å². The second kappa shape index (κ2) is 8.61. The Balaban J connectivity index is 1.83. The van der Waals surface area contributed by atoms with Crippen molar-refractivity contribution in [3.8, 4) is 11.4 Å². The van der Waals surface area contributed by atoms with Gasteiger partial charge in [-0.1, -0.05) is 28.1 Å². The average Bonchev–Trinajstić information content (AvgIpc) is 2.97. The van der Waals surface area contributed by atoms with E-state index in [-0.39, 0.29) is 11.9 Å². The summed E-state index contributed by atoms with van der Waals surface area (Å²) in [6.45, 7) is 8.30. The zero-order valence-corrected chi connectivity index (χ0v) is 18.1. The Labute approximate surface area is 173 Å². The first kappa shape index (κ1) is 20.1. The molecule has 0 aliphatic carbocycles. The molecule has 3 aromatic rings. The molecule has 5 nitrogen and oxygen atoms in total. The third-order valence-corrected chi connectivity index (χ3v) is 5.13. The van der Waals surface area contributed by atoms with Gasteiger partial charge in [-0.05, 0) is 69.7 Å². The van der Waals surface area contributed by atoms with Crippen molar-refractivity contribution in [3.63, 3.8) is 0 Å². The van der Waals surface area contributed by atoms with Crippen LogP contribution >= 0.6 is 15.9 Å². The topological polar surface area (TPSA) is 56.1 Å². The molecule has 1 N–H and O–H groups in total. The van der Waals surface area contributed by atoms with Crippen LogP contribution in [-0.4, -0.2) is 22.3 Å². The number of amides is 1. The number of carbonyl (C=O) groups is 1. The second-order valence-electron chi connectivity index (χ2n) is 6.63. The number of aromatic nitrogens is 2. The number of nitrogens with zero attached hydrogens (tertiary/aromatic N) is 2. The molecule has 0 aliphatic heterocycles. The van der Waals surface area contributed by atoms with Gasteiger partial charge in [0.25, 0.3) is 5.91 Å². The van der Waals surface area contributed by atoms with Gasteiger partial charge in [-0.25, -0.2) is 4.68 Å². The van der Waals surface area contributed by atoms with Crippen LogP contribution in [0.15, 0.2) is 53.0 Å². The molecule has 0 saturated carbocycles. The molecule has 1 atom stereocenters. The molecule has 28 heavy (non-hydrogen) atoms. The number of carbonyl (C=O) groups excluding carboxylic acids is 1. The molecule has 1 aromatic heterocycles. The Bertz CT molecular complexity index is 980. The second-order valence-corrected chi connectivity index (χ2v) is 7.55. The Morgan fingerprint density at radius 1 is 1.21 bits per heavy atom. The van der Waals surface area contributed by atoms with Crippen molar-refractivity contribution in [1.82, 2.24) is 15.1 Å². The van der Waals surface area contributed by atoms with Crippen LogP contribution in [0.2, 0.25) is 0 Å². The summed E-state index contributed by atoms with van der Waals surface area (Å²) in [5.74, 6) is 0.671. The van der Waals surface area contributed by atoms with Gasteiger partial charge in [0.2, 0.25) is 0 Å². The Kier molecular flexibility index (Phi) is 6.19. The van der Waals surface area contributed by atoms with Crippen LogP contribution in [0.25, 0.3) is 5.69 Å². The van der Waals surface area contributed by atoms with Crippen molar-refractivity contribution in [2.45, 2.75) is 33.7 Å². The summed E-state index contributed by atoms with van der Waals surface area (Å²) in [6.07, 6.45) is 0. The predicted molar refractivity (Wildman–Crippen MR) is 114 cm³/mol. The van der Waals surface area contributed by atoms with Gasteiger partial charge in [0.15, 0.2) is 0 Å². The van der Waals surface area contributed by atoms with Crippen LogP contribution in [0.1, 0.15) is 47.2 Å². The van der Waals surface area contributed by atoms with Crippen molar-refractivity contribution in [1.29, 1.82) is 0 Å². The fourth-order valence-corrected chi connectivity index (χ4v) is 3.46. The fraction of sp³-hybridized carbons (Fsp3) is 0.273. The summed E-state index contributed by atoms with van der Waals surface area (Å²) in [4.78, 5) is 13.0. The van der Waals surface area contributed by atoms with Crippen molar-refractivity contribution in [2.75, 3.05) is 6.61 Å². The highest BCUT2D eigenvalue weighted by Crippen LogP contribution is 2.22. The Morgan fingerprint density at radius 2 is 1.93 bits per heavy atom. The first-order chi connectivity index (χ1) is 13.4. The maximum absolute atomic E-state index is 13.0. The molecule has 0 spiro atoms. The number of hydrogen-bond acceptors (Lipinski definition) is 3. The normalized spacial score (nSPS) is 11.9. The standard InChI is InChI=1S/C22H24BrN3O2/c1-5-28-20-8-6-7-17(13-20)14(2)24-22(27)21-15(3)25-26(16(21)4)19-11-9-18(23)10-12-19/h6-14H,5H2,1-4H3,(H,24,27). The highest BCUT2D eigenvalue weighted by atomic mass is 79.9. The van der Waals surface area contributed by atoms with Gasteiger partial charge in [0.05, 0.1) is 35.3 Å². The molecule has 3 rings (SSSR count). The summed E-state index contributed by atoms with van der Waals surface area (Å²) in [6, 6.07) is 15.5. The SMILES string of the molecule is CCOc1cccc(C(C)NC(=O)c2c(C)nn(-c3ccc(Br)cc3)c2C)c1. The van der Waals surface area contributed by atoms with Crippen molar-refractivity contribution in [3.05, 3.63) is 75.5 Å². The monoisotopic (exact) mass is 441 g/mol. The lowest BCUT2D eigenvalue weighted by molar-refractivity contribution is 0.0938. The third kappa shape index (κ3) is 4.28. The van der Waals surface area contributed by atoms with Crippen LogP contribution in [0.5, 0.6) is 5.75 Å². The lowest BCUT2D eigenvalue weighted by atomic mass is 10.1. The zero-order valence-electron chi connectivity index (χ0n) is 16.5. The van der Waals surface area contributed by atoms with E-state index >= 15 is 0 Å². The Morgan fingerprint density at radius 3 is 2.61 bits per heavy atom. The van der Waals surface area contributed by atoms with Crippen molar-refractivity contribution >= 4 is 21.8 Å². The average molecular weight is 442 g/mol. The van der Waals surface area contributed by atoms with Crippen LogP contribution in [-0.2, 0) is 0 Å². The molecule has 146 valence electrons. The van der Waals surface area contributed by atoms with Gasteiger partial charge in [-0.3, -0.25) is 4.79 Å². The number of rotatable bonds is 6. The number of hydrogen-bond donors (Lipinski definition) is 1. The molecule has 0 bridgehead atoms. The highest BCUT2D eigenvalue weighted by molar-refractivity contribution is 9.10. The Hall–Kier alpha value is -2.60. The van der Waals surface area contributed by atoms with Crippen LogP contribution in [0.3, 0.4) is 0 Å². The lowest BCUT2D eigenvalue weighted by Crippen LogP contribution is -2.27. The zero-order chi connectivity index (χ0) is 20.3. The minimum absolute atomic E-state index is 0.132. The van der Waals surface area contributed by atoms with Crippen LogP contribution in [0.4, 0.5) is 0 Å². The summed E-state index contributed by atoms with van der Waals surface area (Å²) >= 11 is 3.44. The van der Waals surface area contributed by atoms with E-state index in [1.54, 1.807) is 4.68 Å². The molecule has 0 saturated heterocycles. The molecule has 0 fully saturated rings. The van der Waals surface area contributed by atoms with Crippen LogP contribution < -0.4 is 10.1 Å². The predicted octanol–water partition coefficient (Wildman–Crippen LogP) is 5.14. The van der Waals surface area contributed by atoms with Gasteiger partial charge < -0.3 is 10.1 Å². The van der Waals surface area contributed by atoms with Crippen molar-refractivity contribution < 1.29 is 9.53 Å². The minimum atomic E-state index is -0.150. The van der Waals surface area contributed by atoms with E-state index in [0.717, 1.165) is 27.2 Å². The molecular formula is C22H24BrN3O2. The molecule has 0 radical (unpaired) electrons. The quantitative estimate of drug-likeness (QED) is 0.575. The molecule has 6 heteroatoms. The molecule has 1 unspecified atom stereocenters. The first-order valence-corrected chi connectivity index (χ1v) is 10.1. The highest BCUT2D eigenvalue weighted by Gasteiger charge is 2.21. The van der Waals surface area contributed by atoms with E-state index < -0.39 is 0 Å². The summed E-state index contributed by atoms with van der Waals surface area (Å²) in [5, 5.41) is 7.65. The third-order valence-electron chi connectivity index (χ3n) is 4.61. The van der Waals surface area contributed by atoms with Gasteiger partial charge in [-0.2, -0.15) is 5.10 Å². The number of nitrogens with one attached hydrogen (secondary N) is 1. The number of halogens is 1. The molecule has 1 amide bonds. The number of benzene rings is 2. The molecule has 0 aliphatic rings. The first-order valence-electron chi connectivity index (χ1n) is 9.26. The number of ether oxygens (including phenoxy) is 1. The maximum atomic E-state index is 13.0. The van der Waals surface area contributed by atoms with Gasteiger partial charge in [0, 0.05) is 4.47 Å². The van der Waals surface area contributed by atoms with Gasteiger partial charge in [0.1, 0.15) is 5.75 Å². The number of aryl methyl sites for hydroxylation is 1. The van der Waals surface area contributed by atoms with E-state index in [0.29, 0.717) is 17.9 Å². The smallest absolute Gasteiger partial charge is 0.255 e. The van der Waals surface area contributed by atoms with Crippen LogP contribution in [0, 0.1) is 13.8 Å². The summed E-state index contributed by atoms with van der Waals surface area (Å²) in [7, 11) is 0. The largest absolute Gasteiger partial charge is 0.494 e. The van der Waals surface area contributed by atoms with E-state index in [1.165, 1.54) is 0 Å². The minimum Gasteiger partial charge on any atom is -0.494 e. The molecule has 1 heterocycles. The van der Waals surface area contributed by atoms with E-state index in [1.807, 2.05) is 76.2 Å². The fourth-order valence-electron chi connectivity index (χ4n) is 3.20. The summed E-state index contributed by atoms with van der Waals surface area (Å²) in [5.41, 5.74) is 4.03. The molecule has 2 aromatic carbocycles. The molecular weight excluding hydrogens is 418 g/mol. The van der Waals surface area contributed by atoms with E-state index in [2.05, 4.69) is 26.3 Å². The maximum Gasteiger partial charge on any atom is 0.255 e. The van der Waals surface area contributed by atoms with Gasteiger partial charge in [-0.15, -0.1) is 0 Å². The van der Waals surface area contributed by atoms with Crippen molar-refractivity contribution in [2.24, 2.45) is 0 Å².